The monoisotopic (exact) mass is 442 g/mol. The van der Waals surface area contributed by atoms with Crippen molar-refractivity contribution in [2.24, 2.45) is 0 Å². The Bertz CT molecular complexity index is 1070. The summed E-state index contributed by atoms with van der Waals surface area (Å²) in [6, 6.07) is 25.9. The van der Waals surface area contributed by atoms with Gasteiger partial charge in [0.25, 0.3) is 5.91 Å². The van der Waals surface area contributed by atoms with Gasteiger partial charge >= 0.3 is 0 Å². The largest absolute Gasteiger partial charge is 0.457 e. The normalized spacial score (nSPS) is 20.4. The number of nitrogens with zero attached hydrogens (tertiary/aromatic N) is 1. The predicted octanol–water partition coefficient (Wildman–Crippen LogP) is 6.00. The molecule has 1 N–H and O–H groups in total. The van der Waals surface area contributed by atoms with Crippen LogP contribution in [0.2, 0.25) is 0 Å². The minimum Gasteiger partial charge on any atom is -0.457 e. The highest BCUT2D eigenvalue weighted by atomic mass is 16.5. The molecule has 0 bridgehead atoms. The number of hydrogen-bond donors (Lipinski definition) is 1. The van der Waals surface area contributed by atoms with Crippen LogP contribution < -0.4 is 10.1 Å². The number of hydrogen-bond acceptors (Lipinski definition) is 3. The van der Waals surface area contributed by atoms with Crippen molar-refractivity contribution in [1.29, 1.82) is 0 Å². The van der Waals surface area contributed by atoms with Crippen molar-refractivity contribution >= 4 is 5.91 Å². The zero-order valence-electron chi connectivity index (χ0n) is 19.9. The van der Waals surface area contributed by atoms with Crippen molar-refractivity contribution in [2.75, 3.05) is 14.1 Å². The molecule has 0 atom stereocenters. The van der Waals surface area contributed by atoms with Crippen molar-refractivity contribution in [3.8, 4) is 11.5 Å². The number of benzene rings is 3. The summed E-state index contributed by atoms with van der Waals surface area (Å²) < 4.78 is 5.99. The van der Waals surface area contributed by atoms with E-state index in [9.17, 15) is 4.79 Å². The van der Waals surface area contributed by atoms with Crippen LogP contribution in [0.25, 0.3) is 0 Å². The molecule has 1 aliphatic rings. The lowest BCUT2D eigenvalue weighted by atomic mass is 9.74. The highest BCUT2D eigenvalue weighted by Gasteiger charge is 2.38. The van der Waals surface area contributed by atoms with Crippen LogP contribution in [0, 0.1) is 6.92 Å². The minimum atomic E-state index is -0.0669. The van der Waals surface area contributed by atoms with Gasteiger partial charge in [-0.2, -0.15) is 0 Å². The van der Waals surface area contributed by atoms with E-state index >= 15 is 0 Å². The Hall–Kier alpha value is -3.11. The quantitative estimate of drug-likeness (QED) is 0.488. The van der Waals surface area contributed by atoms with Gasteiger partial charge in [0.1, 0.15) is 11.5 Å². The molecule has 3 aromatic carbocycles. The molecule has 1 saturated carbocycles. The van der Waals surface area contributed by atoms with Gasteiger partial charge in [-0.25, -0.2) is 0 Å². The summed E-state index contributed by atoms with van der Waals surface area (Å²) in [6.07, 6.45) is 5.10. The molecule has 4 heteroatoms. The molecule has 0 aliphatic heterocycles. The highest BCUT2D eigenvalue weighted by molar-refractivity contribution is 5.97. The van der Waals surface area contributed by atoms with Crippen LogP contribution >= 0.6 is 0 Å². The van der Waals surface area contributed by atoms with E-state index in [0.717, 1.165) is 37.9 Å². The average Bonchev–Trinajstić information content (AvgIpc) is 2.83. The first-order chi connectivity index (χ1) is 16.0. The van der Waals surface area contributed by atoms with Gasteiger partial charge in [0.15, 0.2) is 0 Å². The molecular formula is C29H34N2O2. The van der Waals surface area contributed by atoms with E-state index in [1.165, 1.54) is 11.1 Å². The second kappa shape index (κ2) is 10.2. The smallest absolute Gasteiger partial charge is 0.255 e. The number of para-hydroxylation sites is 2. The lowest BCUT2D eigenvalue weighted by Gasteiger charge is -2.45. The lowest BCUT2D eigenvalue weighted by Crippen LogP contribution is -2.52. The van der Waals surface area contributed by atoms with Gasteiger partial charge in [-0.3, -0.25) is 4.79 Å². The lowest BCUT2D eigenvalue weighted by molar-refractivity contribution is 0.0767. The predicted molar refractivity (Wildman–Crippen MR) is 134 cm³/mol. The Kier molecular flexibility index (Phi) is 7.14. The second-order valence-corrected chi connectivity index (χ2v) is 9.38. The summed E-state index contributed by atoms with van der Waals surface area (Å²) in [4.78, 5) is 15.5. The number of ether oxygens (including phenoxy) is 1. The highest BCUT2D eigenvalue weighted by Crippen LogP contribution is 2.36. The maximum Gasteiger partial charge on any atom is 0.255 e. The van der Waals surface area contributed by atoms with Gasteiger partial charge in [-0.15, -0.1) is 0 Å². The molecule has 0 unspecified atom stereocenters. The third-order valence-corrected chi connectivity index (χ3v) is 7.08. The van der Waals surface area contributed by atoms with Crippen LogP contribution in [-0.4, -0.2) is 36.5 Å². The van der Waals surface area contributed by atoms with E-state index in [2.05, 4.69) is 55.5 Å². The van der Waals surface area contributed by atoms with Gasteiger partial charge in [0.05, 0.1) is 5.56 Å². The number of rotatable bonds is 7. The summed E-state index contributed by atoms with van der Waals surface area (Å²) in [5.41, 5.74) is 3.47. The van der Waals surface area contributed by atoms with E-state index in [4.69, 9.17) is 4.74 Å². The second-order valence-electron chi connectivity index (χ2n) is 9.38. The summed E-state index contributed by atoms with van der Waals surface area (Å²) in [6.45, 7) is 2.19. The topological polar surface area (TPSA) is 41.6 Å². The number of carbonyl (C=O) groups is 1. The fraction of sp³-hybridized carbons (Fsp3) is 0.345. The molecule has 3 aromatic rings. The van der Waals surface area contributed by atoms with Crippen molar-refractivity contribution in [2.45, 2.75) is 50.6 Å². The van der Waals surface area contributed by atoms with E-state index in [0.29, 0.717) is 11.3 Å². The van der Waals surface area contributed by atoms with E-state index in [-0.39, 0.29) is 17.5 Å². The van der Waals surface area contributed by atoms with Crippen molar-refractivity contribution in [3.05, 3.63) is 95.6 Å². The Morgan fingerprint density at radius 2 is 1.58 bits per heavy atom. The van der Waals surface area contributed by atoms with Gasteiger partial charge in [-0.1, -0.05) is 54.6 Å². The molecule has 172 valence electrons. The van der Waals surface area contributed by atoms with Gasteiger partial charge in [0, 0.05) is 11.6 Å². The summed E-state index contributed by atoms with van der Waals surface area (Å²) in [5, 5.41) is 3.28. The van der Waals surface area contributed by atoms with Crippen LogP contribution in [0.5, 0.6) is 11.5 Å². The number of nitrogens with one attached hydrogen (secondary N) is 1. The molecule has 0 spiro atoms. The van der Waals surface area contributed by atoms with Gasteiger partial charge < -0.3 is 15.0 Å². The molecule has 0 saturated heterocycles. The van der Waals surface area contributed by atoms with Gasteiger partial charge in [-0.05, 0) is 88.5 Å². The Labute approximate surface area is 197 Å². The van der Waals surface area contributed by atoms with Gasteiger partial charge in [0.2, 0.25) is 0 Å². The van der Waals surface area contributed by atoms with Crippen molar-refractivity contribution in [3.63, 3.8) is 0 Å². The number of aryl methyl sites for hydroxylation is 1. The third kappa shape index (κ3) is 5.45. The molecule has 0 radical (unpaired) electrons. The zero-order chi connectivity index (χ0) is 23.3. The summed E-state index contributed by atoms with van der Waals surface area (Å²) >= 11 is 0. The molecule has 4 nitrogen and oxygen atoms in total. The van der Waals surface area contributed by atoms with Crippen LogP contribution in [0.1, 0.15) is 47.2 Å². The number of carbonyl (C=O) groups excluding carboxylic acids is 1. The van der Waals surface area contributed by atoms with E-state index in [1.54, 1.807) is 0 Å². The summed E-state index contributed by atoms with van der Waals surface area (Å²) in [7, 11) is 4.38. The Morgan fingerprint density at radius 1 is 0.939 bits per heavy atom. The average molecular weight is 443 g/mol. The Balaban J connectivity index is 1.42. The summed E-state index contributed by atoms with van der Waals surface area (Å²) in [5.74, 6) is 1.24. The first kappa shape index (κ1) is 23.1. The zero-order valence-corrected chi connectivity index (χ0v) is 19.9. The third-order valence-electron chi connectivity index (χ3n) is 7.08. The minimum absolute atomic E-state index is 0.0669. The number of likely N-dealkylation sites (N-methyl/N-ethyl adjacent to an activating group) is 1. The standard InChI is InChI=1S/C29H34N2O2/c1-22-11-7-8-12-23(22)21-29(31(2)3)19-17-24(18-20-29)30-28(32)26-15-9-10-16-27(26)33-25-13-5-4-6-14-25/h4-16,24H,17-21H2,1-3H3,(H,30,32). The molecule has 0 heterocycles. The van der Waals surface area contributed by atoms with Crippen LogP contribution in [-0.2, 0) is 6.42 Å². The molecule has 1 aliphatic carbocycles. The molecule has 1 amide bonds. The SMILES string of the molecule is Cc1ccccc1CC1(N(C)C)CCC(NC(=O)c2ccccc2Oc2ccccc2)CC1. The maximum absolute atomic E-state index is 13.2. The fourth-order valence-corrected chi connectivity index (χ4v) is 4.87. The van der Waals surface area contributed by atoms with Crippen molar-refractivity contribution < 1.29 is 9.53 Å². The molecule has 1 fully saturated rings. The van der Waals surface area contributed by atoms with E-state index < -0.39 is 0 Å². The Morgan fingerprint density at radius 3 is 2.27 bits per heavy atom. The maximum atomic E-state index is 13.2. The molecule has 33 heavy (non-hydrogen) atoms. The molecule has 0 aromatic heterocycles. The number of amides is 1. The molecular weight excluding hydrogens is 408 g/mol. The fourth-order valence-electron chi connectivity index (χ4n) is 4.87. The van der Waals surface area contributed by atoms with Crippen LogP contribution in [0.3, 0.4) is 0 Å². The first-order valence-electron chi connectivity index (χ1n) is 11.8. The molecule has 4 rings (SSSR count). The van der Waals surface area contributed by atoms with Crippen LogP contribution in [0.15, 0.2) is 78.9 Å². The van der Waals surface area contributed by atoms with Crippen LogP contribution in [0.4, 0.5) is 0 Å². The van der Waals surface area contributed by atoms with E-state index in [1.807, 2.05) is 54.6 Å². The first-order valence-corrected chi connectivity index (χ1v) is 11.8. The van der Waals surface area contributed by atoms with Crippen molar-refractivity contribution in [1.82, 2.24) is 10.2 Å².